The second-order valence-electron chi connectivity index (χ2n) is 8.25. The van der Waals surface area contributed by atoms with Gasteiger partial charge in [-0.25, -0.2) is 0 Å². The van der Waals surface area contributed by atoms with Crippen LogP contribution in [-0.4, -0.2) is 58.0 Å². The van der Waals surface area contributed by atoms with Crippen molar-refractivity contribution >= 4 is 23.4 Å². The van der Waals surface area contributed by atoms with E-state index in [0.717, 1.165) is 0 Å². The normalized spacial score (nSPS) is 10.8. The standard InChI is InChI=1S/C17H15ClO4.C4H8N4O9/c1-17(2,16(20)21)22-14-9-5-12(6-10-14)15(19)11-3-7-13(18)8-4-11;5-4(1-15-6(9)10,2-16-7(11)12)3-17-8(13)14/h3-10H,1-2H3,(H,20,21);1-3,5H2. The van der Waals surface area contributed by atoms with Gasteiger partial charge >= 0.3 is 0 Å². The van der Waals surface area contributed by atoms with Gasteiger partial charge in [0.1, 0.15) is 11.4 Å². The molecule has 0 saturated carbocycles. The van der Waals surface area contributed by atoms with Crippen LogP contribution in [0.1, 0.15) is 29.8 Å². The van der Waals surface area contributed by atoms with Crippen molar-refractivity contribution in [2.75, 3.05) is 19.8 Å². The first kappa shape index (κ1) is 32.3. The Kier molecular flexibility index (Phi) is 11.8. The van der Waals surface area contributed by atoms with Gasteiger partial charge in [-0.3, -0.25) is 4.79 Å². The molecule has 0 bridgehead atoms. The highest BCUT2D eigenvalue weighted by molar-refractivity contribution is 6.30. The van der Waals surface area contributed by atoms with Gasteiger partial charge in [0.15, 0.2) is 31.1 Å². The molecule has 0 saturated heterocycles. The summed E-state index contributed by atoms with van der Waals surface area (Å²) in [6.45, 7) is 0.551. The Balaban J connectivity index is 0.000000406. The van der Waals surface area contributed by atoms with Crippen LogP contribution in [0.25, 0.3) is 0 Å². The Morgan fingerprint density at radius 2 is 1.15 bits per heavy atom. The van der Waals surface area contributed by atoms with E-state index in [4.69, 9.17) is 16.3 Å². The molecule has 0 spiro atoms. The van der Waals surface area contributed by atoms with Crippen molar-refractivity contribution in [2.45, 2.75) is 25.0 Å². The first-order valence-electron chi connectivity index (χ1n) is 10.5. The van der Waals surface area contributed by atoms with Gasteiger partial charge in [0, 0.05) is 16.1 Å². The number of nitrogens with zero attached hydrogens (tertiary/aromatic N) is 3. The molecule has 3 N–H and O–H groups in total. The van der Waals surface area contributed by atoms with Crippen LogP contribution in [0, 0.1) is 30.3 Å². The molecule has 2 aromatic carbocycles. The number of quaternary nitrogens is 1. The number of hydrogen-bond donors (Lipinski definition) is 1. The first-order chi connectivity index (χ1) is 18.0. The number of carbonyl (C=O) groups excluding carboxylic acids is 2. The van der Waals surface area contributed by atoms with Gasteiger partial charge < -0.3 is 34.9 Å². The Bertz CT molecular complexity index is 1130. The van der Waals surface area contributed by atoms with Gasteiger partial charge in [0.25, 0.3) is 15.3 Å². The molecule has 0 aliphatic heterocycles. The molecule has 0 radical (unpaired) electrons. The van der Waals surface area contributed by atoms with E-state index in [9.17, 15) is 45.0 Å². The minimum Gasteiger partial charge on any atom is -0.546 e. The van der Waals surface area contributed by atoms with E-state index < -0.39 is 52.2 Å². The largest absolute Gasteiger partial charge is 0.546 e. The van der Waals surface area contributed by atoms with E-state index in [1.54, 1.807) is 48.5 Å². The number of rotatable bonds is 14. The number of aliphatic carboxylic acids is 1. The quantitative estimate of drug-likeness (QED) is 0.178. The van der Waals surface area contributed by atoms with Crippen molar-refractivity contribution in [1.82, 2.24) is 0 Å². The Hall–Kier alpha value is -4.77. The molecule has 0 unspecified atom stereocenters. The zero-order valence-electron chi connectivity index (χ0n) is 20.5. The number of ether oxygens (including phenoxy) is 1. The maximum atomic E-state index is 12.3. The third-order valence-corrected chi connectivity index (χ3v) is 4.77. The molecule has 0 heterocycles. The average molecular weight is 575 g/mol. The minimum absolute atomic E-state index is 0.151. The number of carboxylic acid groups (broad SMARTS) is 1. The van der Waals surface area contributed by atoms with Crippen LogP contribution in [-0.2, 0) is 19.3 Å². The van der Waals surface area contributed by atoms with Crippen molar-refractivity contribution in [3.8, 4) is 5.75 Å². The Morgan fingerprint density at radius 1 is 0.795 bits per heavy atom. The number of hydrogen-bond acceptors (Lipinski definition) is 13. The molecule has 39 heavy (non-hydrogen) atoms. The molecule has 18 heteroatoms. The fourth-order valence-electron chi connectivity index (χ4n) is 2.47. The van der Waals surface area contributed by atoms with E-state index in [2.05, 4.69) is 20.2 Å². The monoisotopic (exact) mass is 574 g/mol. The zero-order valence-corrected chi connectivity index (χ0v) is 21.2. The maximum Gasteiger partial charge on any atom is 0.294 e. The van der Waals surface area contributed by atoms with E-state index in [0.29, 0.717) is 21.9 Å². The summed E-state index contributed by atoms with van der Waals surface area (Å²) in [5.41, 5.74) is 1.20. The number of benzene rings is 2. The van der Waals surface area contributed by atoms with Crippen molar-refractivity contribution in [3.63, 3.8) is 0 Å². The third-order valence-electron chi connectivity index (χ3n) is 4.52. The van der Waals surface area contributed by atoms with Crippen LogP contribution in [0.5, 0.6) is 5.75 Å². The maximum absolute atomic E-state index is 12.3. The fourth-order valence-corrected chi connectivity index (χ4v) is 2.60. The average Bonchev–Trinajstić information content (AvgIpc) is 2.86. The second kappa shape index (κ2) is 14.2. The van der Waals surface area contributed by atoms with E-state index in [1.165, 1.54) is 13.8 Å². The zero-order chi connectivity index (χ0) is 29.8. The lowest BCUT2D eigenvalue weighted by atomic mass is 10.0. The summed E-state index contributed by atoms with van der Waals surface area (Å²) in [7, 11) is 0. The van der Waals surface area contributed by atoms with Crippen LogP contribution in [0.4, 0.5) is 0 Å². The summed E-state index contributed by atoms with van der Waals surface area (Å²) >= 11 is 5.79. The molecule has 0 amide bonds. The van der Waals surface area contributed by atoms with Gasteiger partial charge in [-0.05, 0) is 62.4 Å². The van der Waals surface area contributed by atoms with E-state index in [-0.39, 0.29) is 5.78 Å². The predicted octanol–water partition coefficient (Wildman–Crippen LogP) is 0.0703. The highest BCUT2D eigenvalue weighted by Crippen LogP contribution is 2.20. The van der Waals surface area contributed by atoms with Gasteiger partial charge in [-0.1, -0.05) is 11.6 Å². The molecular weight excluding hydrogens is 552 g/mol. The van der Waals surface area contributed by atoms with Gasteiger partial charge in [-0.2, -0.15) is 0 Å². The summed E-state index contributed by atoms with van der Waals surface area (Å²) in [5, 5.41) is 37.8. The molecule has 0 aliphatic rings. The minimum atomic E-state index is -1.65. The summed E-state index contributed by atoms with van der Waals surface area (Å²) in [6.07, 6.45) is 0. The molecular formula is C21H23ClN4O13. The molecule has 2 aromatic rings. The van der Waals surface area contributed by atoms with Crippen LogP contribution < -0.4 is 15.6 Å². The summed E-state index contributed by atoms with van der Waals surface area (Å²) < 4.78 is 5.33. The molecule has 17 nitrogen and oxygen atoms in total. The molecule has 0 aliphatic carbocycles. The number of ketones is 1. The number of halogens is 1. The molecule has 0 atom stereocenters. The Morgan fingerprint density at radius 3 is 1.49 bits per heavy atom. The molecule has 2 rings (SSSR count). The van der Waals surface area contributed by atoms with Crippen molar-refractivity contribution in [1.29, 1.82) is 0 Å². The smallest absolute Gasteiger partial charge is 0.294 e. The van der Waals surface area contributed by atoms with Crippen LogP contribution in [0.2, 0.25) is 5.02 Å². The van der Waals surface area contributed by atoms with E-state index in [1.807, 2.05) is 0 Å². The van der Waals surface area contributed by atoms with Gasteiger partial charge in [0.2, 0.25) is 0 Å². The van der Waals surface area contributed by atoms with Crippen LogP contribution in [0.15, 0.2) is 48.5 Å². The highest BCUT2D eigenvalue weighted by Gasteiger charge is 2.35. The molecule has 212 valence electrons. The molecule has 0 fully saturated rings. The van der Waals surface area contributed by atoms with Gasteiger partial charge in [-0.15, -0.1) is 30.3 Å². The van der Waals surface area contributed by atoms with Crippen molar-refractivity contribution < 1.29 is 54.9 Å². The predicted molar refractivity (Wildman–Crippen MR) is 125 cm³/mol. The first-order valence-corrected chi connectivity index (χ1v) is 10.9. The van der Waals surface area contributed by atoms with Crippen molar-refractivity contribution in [2.24, 2.45) is 0 Å². The lowest BCUT2D eigenvalue weighted by Gasteiger charge is -2.27. The number of carbonyl (C=O) groups is 2. The lowest BCUT2D eigenvalue weighted by Crippen LogP contribution is -2.79. The van der Waals surface area contributed by atoms with Crippen LogP contribution in [0.3, 0.4) is 0 Å². The lowest BCUT2D eigenvalue weighted by molar-refractivity contribution is -0.796. The van der Waals surface area contributed by atoms with Crippen LogP contribution >= 0.6 is 11.6 Å². The second-order valence-corrected chi connectivity index (χ2v) is 8.69. The topological polar surface area (TPSA) is 251 Å². The SMILES string of the molecule is CC(C)(Oc1ccc(C(=O)c2ccc(Cl)cc2)cc1)C(=O)[O-].[NH3+]C(CO[N+](=O)[O-])(CO[N+](=O)[O-])CO[N+](=O)[O-]. The summed E-state index contributed by atoms with van der Waals surface area (Å²) in [4.78, 5) is 64.7. The summed E-state index contributed by atoms with van der Waals surface area (Å²) in [6, 6.07) is 12.9. The molecule has 0 aromatic heterocycles. The van der Waals surface area contributed by atoms with Gasteiger partial charge in [0.05, 0.1) is 5.97 Å². The van der Waals surface area contributed by atoms with E-state index >= 15 is 0 Å². The van der Waals surface area contributed by atoms with Crippen molar-refractivity contribution in [3.05, 3.63) is 95.0 Å². The Labute approximate surface area is 224 Å². The third kappa shape index (κ3) is 11.9. The summed E-state index contributed by atoms with van der Waals surface area (Å²) in [5.74, 6) is -1.11. The fraction of sp³-hybridized carbons (Fsp3) is 0.333. The number of carboxylic acids is 1. The highest BCUT2D eigenvalue weighted by atomic mass is 35.5.